The first-order valence-electron chi connectivity index (χ1n) is 5.87. The van der Waals surface area contributed by atoms with Crippen LogP contribution in [0.1, 0.15) is 43.5 Å². The molecule has 2 aliphatic heterocycles. The minimum Gasteiger partial charge on any atom is -0.280 e. The van der Waals surface area contributed by atoms with Gasteiger partial charge in [-0.1, -0.05) is 43.3 Å². The Bertz CT molecular complexity index is 380. The zero-order valence-electron chi connectivity index (χ0n) is 9.76. The van der Waals surface area contributed by atoms with Crippen molar-refractivity contribution in [1.82, 2.24) is 4.90 Å². The molecular weight excluding hydrogens is 218 g/mol. The zero-order valence-corrected chi connectivity index (χ0v) is 10.6. The molecule has 0 amide bonds. The molecule has 3 rings (SSSR count). The summed E-state index contributed by atoms with van der Waals surface area (Å²) >= 11 is 0. The van der Waals surface area contributed by atoms with Gasteiger partial charge < -0.3 is 0 Å². The van der Waals surface area contributed by atoms with Gasteiger partial charge in [0.2, 0.25) is 0 Å². The highest BCUT2D eigenvalue weighted by atomic mass is 35.5. The maximum atomic E-state index is 2.63. The van der Waals surface area contributed by atoms with E-state index in [-0.39, 0.29) is 12.4 Å². The van der Waals surface area contributed by atoms with Crippen molar-refractivity contribution in [3.8, 4) is 0 Å². The molecule has 0 aromatic heterocycles. The first-order valence-corrected chi connectivity index (χ1v) is 5.87. The summed E-state index contributed by atoms with van der Waals surface area (Å²) in [5.41, 5.74) is 3.04. The van der Waals surface area contributed by atoms with E-state index in [1.54, 1.807) is 0 Å². The highest BCUT2D eigenvalue weighted by Crippen LogP contribution is 2.49. The molecule has 0 aliphatic carbocycles. The molecule has 1 aromatic carbocycles. The predicted octanol–water partition coefficient (Wildman–Crippen LogP) is 3.87. The molecule has 1 nitrogen and oxygen atoms in total. The first kappa shape index (κ1) is 11.7. The van der Waals surface area contributed by atoms with Gasteiger partial charge in [-0.05, 0) is 24.5 Å². The summed E-state index contributed by atoms with van der Waals surface area (Å²) in [4.78, 5) is 2.63. The van der Waals surface area contributed by atoms with Crippen LogP contribution in [0.5, 0.6) is 0 Å². The van der Waals surface area contributed by atoms with Gasteiger partial charge in [-0.25, -0.2) is 0 Å². The van der Waals surface area contributed by atoms with Crippen molar-refractivity contribution in [2.24, 2.45) is 0 Å². The van der Waals surface area contributed by atoms with Gasteiger partial charge >= 0.3 is 0 Å². The van der Waals surface area contributed by atoms with Crippen LogP contribution < -0.4 is 0 Å². The number of hydrogen-bond acceptors (Lipinski definition) is 1. The van der Waals surface area contributed by atoms with Crippen LogP contribution in [0.3, 0.4) is 0 Å². The van der Waals surface area contributed by atoms with E-state index in [1.165, 1.54) is 17.5 Å². The topological polar surface area (TPSA) is 3.24 Å². The molecule has 86 valence electrons. The summed E-state index contributed by atoms with van der Waals surface area (Å²) in [5.74, 6) is 0. The Morgan fingerprint density at radius 2 is 1.62 bits per heavy atom. The van der Waals surface area contributed by atoms with Gasteiger partial charge in [0.15, 0.2) is 0 Å². The summed E-state index contributed by atoms with van der Waals surface area (Å²) in [6, 6.07) is 10.6. The van der Waals surface area contributed by atoms with Gasteiger partial charge in [0.25, 0.3) is 0 Å². The molecule has 1 aromatic rings. The molecule has 0 radical (unpaired) electrons. The number of benzene rings is 1. The van der Waals surface area contributed by atoms with E-state index in [2.05, 4.69) is 55.2 Å². The Morgan fingerprint density at radius 1 is 1.12 bits per heavy atom. The van der Waals surface area contributed by atoms with E-state index in [0.29, 0.717) is 18.1 Å². The molecule has 0 saturated heterocycles. The highest BCUT2D eigenvalue weighted by molar-refractivity contribution is 5.85. The molecule has 2 heteroatoms. The van der Waals surface area contributed by atoms with E-state index in [4.69, 9.17) is 0 Å². The van der Waals surface area contributed by atoms with Crippen LogP contribution in [-0.4, -0.2) is 10.9 Å². The van der Waals surface area contributed by atoms with Crippen LogP contribution in [-0.2, 0) is 0 Å². The Morgan fingerprint density at radius 3 is 2.06 bits per heavy atom. The quantitative estimate of drug-likeness (QED) is 0.704. The Labute approximate surface area is 104 Å². The van der Waals surface area contributed by atoms with Gasteiger partial charge in [-0.15, -0.1) is 12.4 Å². The molecule has 0 saturated carbocycles. The number of fused-ring (bicyclic) bond motifs is 5. The third-order valence-electron chi connectivity index (χ3n) is 3.85. The molecule has 3 atom stereocenters. The van der Waals surface area contributed by atoms with Crippen LogP contribution in [0.25, 0.3) is 0 Å². The molecule has 0 spiro atoms. The second kappa shape index (κ2) is 4.23. The summed E-state index contributed by atoms with van der Waals surface area (Å²) in [6.45, 7) is 4.60. The summed E-state index contributed by atoms with van der Waals surface area (Å²) < 4.78 is 0. The number of halogens is 1. The number of rotatable bonds is 2. The first-order chi connectivity index (χ1) is 7.33. The van der Waals surface area contributed by atoms with Crippen molar-refractivity contribution >= 4 is 12.4 Å². The third-order valence-corrected chi connectivity index (χ3v) is 3.85. The van der Waals surface area contributed by atoms with E-state index < -0.39 is 0 Å². The Kier molecular flexibility index (Phi) is 3.09. The number of hydrogen-bond donors (Lipinski definition) is 0. The van der Waals surface area contributed by atoms with Gasteiger partial charge in [-0.3, -0.25) is 4.90 Å². The van der Waals surface area contributed by atoms with Crippen LogP contribution in [0.2, 0.25) is 0 Å². The molecule has 3 unspecified atom stereocenters. The predicted molar refractivity (Wildman–Crippen MR) is 69.9 cm³/mol. The van der Waals surface area contributed by atoms with Gasteiger partial charge in [-0.2, -0.15) is 0 Å². The largest absolute Gasteiger partial charge is 0.280 e. The van der Waals surface area contributed by atoms with Crippen LogP contribution in [0.4, 0.5) is 0 Å². The van der Waals surface area contributed by atoms with Crippen LogP contribution in [0.15, 0.2) is 36.4 Å². The summed E-state index contributed by atoms with van der Waals surface area (Å²) in [6.07, 6.45) is 5.95. The maximum absolute atomic E-state index is 2.63. The standard InChI is InChI=1S/C14H17N.ClH/c1-3-10(2)15-13-8-9-14(15)12-7-5-4-6-11(12)13;/h4-10,13-14H,3H2,1-2H3;1H. The molecule has 2 bridgehead atoms. The van der Waals surface area contributed by atoms with E-state index in [9.17, 15) is 0 Å². The number of nitrogens with zero attached hydrogens (tertiary/aromatic N) is 1. The normalized spacial score (nSPS) is 27.6. The monoisotopic (exact) mass is 235 g/mol. The van der Waals surface area contributed by atoms with Crippen molar-refractivity contribution in [1.29, 1.82) is 0 Å². The van der Waals surface area contributed by atoms with E-state index in [0.717, 1.165) is 0 Å². The minimum absolute atomic E-state index is 0. The molecule has 16 heavy (non-hydrogen) atoms. The maximum Gasteiger partial charge on any atom is 0.0547 e. The lowest BCUT2D eigenvalue weighted by Crippen LogP contribution is -2.29. The van der Waals surface area contributed by atoms with Crippen molar-refractivity contribution in [2.45, 2.75) is 38.4 Å². The Balaban J connectivity index is 0.000000963. The van der Waals surface area contributed by atoms with Gasteiger partial charge in [0, 0.05) is 6.04 Å². The second-order valence-electron chi connectivity index (χ2n) is 4.61. The van der Waals surface area contributed by atoms with Crippen molar-refractivity contribution in [2.75, 3.05) is 0 Å². The smallest absolute Gasteiger partial charge is 0.0547 e. The molecule has 2 heterocycles. The van der Waals surface area contributed by atoms with Crippen molar-refractivity contribution in [3.05, 3.63) is 47.5 Å². The third kappa shape index (κ3) is 1.42. The van der Waals surface area contributed by atoms with Gasteiger partial charge in [0.05, 0.1) is 12.1 Å². The average Bonchev–Trinajstić information content (AvgIpc) is 2.84. The highest BCUT2D eigenvalue weighted by Gasteiger charge is 2.41. The Hall–Kier alpha value is -0.790. The SMILES string of the molecule is CCC(C)N1C2C=CC1c1ccccc12.Cl. The lowest BCUT2D eigenvalue weighted by molar-refractivity contribution is 0.171. The molecule has 2 aliphatic rings. The minimum atomic E-state index is 0. The van der Waals surface area contributed by atoms with Crippen LogP contribution >= 0.6 is 12.4 Å². The average molecular weight is 236 g/mol. The van der Waals surface area contributed by atoms with E-state index in [1.807, 2.05) is 0 Å². The lowest BCUT2D eigenvalue weighted by Gasteiger charge is -2.28. The van der Waals surface area contributed by atoms with Gasteiger partial charge in [0.1, 0.15) is 0 Å². The van der Waals surface area contributed by atoms with Crippen molar-refractivity contribution < 1.29 is 0 Å². The summed E-state index contributed by atoms with van der Waals surface area (Å²) in [7, 11) is 0. The van der Waals surface area contributed by atoms with Crippen LogP contribution in [0, 0.1) is 0 Å². The molecule has 0 N–H and O–H groups in total. The molecule has 0 fully saturated rings. The second-order valence-corrected chi connectivity index (χ2v) is 4.61. The zero-order chi connectivity index (χ0) is 10.4. The fraction of sp³-hybridized carbons (Fsp3) is 0.429. The fourth-order valence-corrected chi connectivity index (χ4v) is 2.92. The lowest BCUT2D eigenvalue weighted by atomic mass is 9.97. The molecular formula is C14H18ClN. The van der Waals surface area contributed by atoms with Crippen molar-refractivity contribution in [3.63, 3.8) is 0 Å². The van der Waals surface area contributed by atoms with E-state index >= 15 is 0 Å². The fourth-order valence-electron chi connectivity index (χ4n) is 2.92. The summed E-state index contributed by atoms with van der Waals surface area (Å²) in [5, 5.41) is 0.